The maximum atomic E-state index is 11.4. The number of aromatic nitrogens is 2. The van der Waals surface area contributed by atoms with Gasteiger partial charge in [0.1, 0.15) is 5.82 Å². The van der Waals surface area contributed by atoms with Gasteiger partial charge in [0.15, 0.2) is 0 Å². The highest BCUT2D eigenvalue weighted by atomic mass is 16.2. The van der Waals surface area contributed by atoms with Crippen molar-refractivity contribution in [1.82, 2.24) is 19.8 Å². The molecule has 0 spiro atoms. The summed E-state index contributed by atoms with van der Waals surface area (Å²) in [5.74, 6) is 0.983. The van der Waals surface area contributed by atoms with Gasteiger partial charge in [-0.05, 0) is 13.3 Å². The lowest BCUT2D eigenvalue weighted by Crippen LogP contribution is -2.33. The summed E-state index contributed by atoms with van der Waals surface area (Å²) in [6.45, 7) is 8.88. The average molecular weight is 277 g/mol. The van der Waals surface area contributed by atoms with Crippen LogP contribution >= 0.6 is 0 Å². The van der Waals surface area contributed by atoms with Crippen molar-refractivity contribution in [3.05, 3.63) is 18.1 Å². The molecular formula is C14H23N5O. The third-order valence-corrected chi connectivity index (χ3v) is 3.48. The predicted molar refractivity (Wildman–Crippen MR) is 78.3 cm³/mol. The lowest BCUT2D eigenvalue weighted by Gasteiger charge is -2.20. The Labute approximate surface area is 120 Å². The molecule has 0 atom stereocenters. The monoisotopic (exact) mass is 277 g/mol. The van der Waals surface area contributed by atoms with Crippen LogP contribution in [0.5, 0.6) is 0 Å². The van der Waals surface area contributed by atoms with Crippen molar-refractivity contribution >= 4 is 11.7 Å². The summed E-state index contributed by atoms with van der Waals surface area (Å²) < 4.78 is 0. The Kier molecular flexibility index (Phi) is 5.29. The third-order valence-electron chi connectivity index (χ3n) is 3.48. The molecule has 1 aromatic rings. The first-order valence-corrected chi connectivity index (χ1v) is 7.21. The minimum Gasteiger partial charge on any atom is -0.369 e. The topological polar surface area (TPSA) is 61.4 Å². The molecule has 0 radical (unpaired) electrons. The number of nitrogens with one attached hydrogen (secondary N) is 1. The molecule has 2 heterocycles. The van der Waals surface area contributed by atoms with Crippen molar-refractivity contribution in [3.63, 3.8) is 0 Å². The standard InChI is InChI=1S/C14H23N5O/c1-3-15-14-10-16-13(9-17-14)11-18-5-4-6-19(8-7-18)12(2)20/h9-10H,3-8,11H2,1-2H3,(H,15,17). The summed E-state index contributed by atoms with van der Waals surface area (Å²) in [5, 5.41) is 3.14. The molecule has 1 amide bonds. The number of anilines is 1. The molecule has 2 rings (SSSR count). The van der Waals surface area contributed by atoms with Crippen LogP contribution in [0.3, 0.4) is 0 Å². The highest BCUT2D eigenvalue weighted by Crippen LogP contribution is 2.08. The molecule has 6 nitrogen and oxygen atoms in total. The molecule has 110 valence electrons. The van der Waals surface area contributed by atoms with Crippen molar-refractivity contribution in [3.8, 4) is 0 Å². The van der Waals surface area contributed by atoms with Crippen molar-refractivity contribution in [1.29, 1.82) is 0 Å². The molecule has 0 aromatic carbocycles. The fraction of sp³-hybridized carbons (Fsp3) is 0.643. The lowest BCUT2D eigenvalue weighted by atomic mass is 10.3. The number of hydrogen-bond donors (Lipinski definition) is 1. The van der Waals surface area contributed by atoms with Crippen molar-refractivity contribution in [2.24, 2.45) is 0 Å². The van der Waals surface area contributed by atoms with Gasteiger partial charge in [0.25, 0.3) is 0 Å². The van der Waals surface area contributed by atoms with Crippen LogP contribution in [0.15, 0.2) is 12.4 Å². The fourth-order valence-electron chi connectivity index (χ4n) is 2.38. The minimum atomic E-state index is 0.168. The van der Waals surface area contributed by atoms with E-state index < -0.39 is 0 Å². The molecule has 20 heavy (non-hydrogen) atoms. The summed E-state index contributed by atoms with van der Waals surface area (Å²) in [6, 6.07) is 0. The van der Waals surface area contributed by atoms with Gasteiger partial charge in [-0.25, -0.2) is 4.98 Å². The molecule has 0 aliphatic carbocycles. The number of carbonyl (C=O) groups excluding carboxylic acids is 1. The van der Waals surface area contributed by atoms with E-state index in [2.05, 4.69) is 20.2 Å². The maximum absolute atomic E-state index is 11.4. The smallest absolute Gasteiger partial charge is 0.219 e. The third kappa shape index (κ3) is 4.16. The molecule has 0 bridgehead atoms. The second-order valence-corrected chi connectivity index (χ2v) is 5.06. The zero-order chi connectivity index (χ0) is 14.4. The molecule has 6 heteroatoms. The van der Waals surface area contributed by atoms with Gasteiger partial charge in [-0.2, -0.15) is 0 Å². The lowest BCUT2D eigenvalue weighted by molar-refractivity contribution is -0.128. The first-order chi connectivity index (χ1) is 9.69. The van der Waals surface area contributed by atoms with E-state index in [0.29, 0.717) is 0 Å². The maximum Gasteiger partial charge on any atom is 0.219 e. The Bertz CT molecular complexity index is 434. The number of rotatable bonds is 4. The van der Waals surface area contributed by atoms with E-state index >= 15 is 0 Å². The van der Waals surface area contributed by atoms with E-state index in [1.165, 1.54) is 0 Å². The second-order valence-electron chi connectivity index (χ2n) is 5.06. The molecule has 1 saturated heterocycles. The van der Waals surface area contributed by atoms with Crippen molar-refractivity contribution < 1.29 is 4.79 Å². The van der Waals surface area contributed by atoms with Crippen LogP contribution < -0.4 is 5.32 Å². The summed E-state index contributed by atoms with van der Waals surface area (Å²) in [5.41, 5.74) is 0.975. The van der Waals surface area contributed by atoms with Crippen LogP contribution in [0.1, 0.15) is 26.0 Å². The molecule has 1 aliphatic heterocycles. The molecule has 1 aliphatic rings. The number of hydrogen-bond acceptors (Lipinski definition) is 5. The van der Waals surface area contributed by atoms with Gasteiger partial charge in [0.2, 0.25) is 5.91 Å². The van der Waals surface area contributed by atoms with Crippen LogP contribution in [-0.4, -0.2) is 58.4 Å². The normalized spacial score (nSPS) is 16.8. The van der Waals surface area contributed by atoms with Gasteiger partial charge >= 0.3 is 0 Å². The number of nitrogens with zero attached hydrogens (tertiary/aromatic N) is 4. The molecule has 0 saturated carbocycles. The Morgan fingerprint density at radius 3 is 2.75 bits per heavy atom. The van der Waals surface area contributed by atoms with Crippen LogP contribution in [-0.2, 0) is 11.3 Å². The number of amides is 1. The molecular weight excluding hydrogens is 254 g/mol. The van der Waals surface area contributed by atoms with Crippen molar-refractivity contribution in [2.75, 3.05) is 38.0 Å². The van der Waals surface area contributed by atoms with E-state index in [9.17, 15) is 4.79 Å². The predicted octanol–water partition coefficient (Wildman–Crippen LogP) is 0.963. The molecule has 1 aromatic heterocycles. The SMILES string of the molecule is CCNc1cnc(CN2CCCN(C(C)=O)CC2)cn1. The van der Waals surface area contributed by atoms with Crippen LogP contribution in [0, 0.1) is 0 Å². The zero-order valence-electron chi connectivity index (χ0n) is 12.3. The highest BCUT2D eigenvalue weighted by molar-refractivity contribution is 5.73. The van der Waals surface area contributed by atoms with E-state index in [4.69, 9.17) is 0 Å². The summed E-state index contributed by atoms with van der Waals surface area (Å²) >= 11 is 0. The van der Waals surface area contributed by atoms with E-state index in [1.54, 1.807) is 13.1 Å². The molecule has 1 fully saturated rings. The van der Waals surface area contributed by atoms with Gasteiger partial charge in [0.05, 0.1) is 18.1 Å². The Morgan fingerprint density at radius 2 is 2.10 bits per heavy atom. The van der Waals surface area contributed by atoms with Gasteiger partial charge in [-0.3, -0.25) is 14.7 Å². The van der Waals surface area contributed by atoms with E-state index in [-0.39, 0.29) is 5.91 Å². The van der Waals surface area contributed by atoms with Gasteiger partial charge in [-0.1, -0.05) is 0 Å². The van der Waals surface area contributed by atoms with Crippen LogP contribution in [0.25, 0.3) is 0 Å². The summed E-state index contributed by atoms with van der Waals surface area (Å²) in [4.78, 5) is 24.4. The fourth-order valence-corrected chi connectivity index (χ4v) is 2.38. The highest BCUT2D eigenvalue weighted by Gasteiger charge is 2.16. The number of carbonyl (C=O) groups is 1. The van der Waals surface area contributed by atoms with Crippen molar-refractivity contribution in [2.45, 2.75) is 26.8 Å². The quantitative estimate of drug-likeness (QED) is 0.888. The first kappa shape index (κ1) is 14.7. The van der Waals surface area contributed by atoms with E-state index in [0.717, 1.165) is 57.2 Å². The van der Waals surface area contributed by atoms with Gasteiger partial charge in [0, 0.05) is 46.2 Å². The zero-order valence-corrected chi connectivity index (χ0v) is 12.3. The molecule has 0 unspecified atom stereocenters. The second kappa shape index (κ2) is 7.19. The average Bonchev–Trinajstić information content (AvgIpc) is 2.67. The Balaban J connectivity index is 1.88. The Hall–Kier alpha value is -1.69. The Morgan fingerprint density at radius 1 is 1.25 bits per heavy atom. The van der Waals surface area contributed by atoms with Gasteiger partial charge < -0.3 is 10.2 Å². The minimum absolute atomic E-state index is 0.168. The van der Waals surface area contributed by atoms with Gasteiger partial charge in [-0.15, -0.1) is 0 Å². The summed E-state index contributed by atoms with van der Waals surface area (Å²) in [6.07, 6.45) is 4.62. The largest absolute Gasteiger partial charge is 0.369 e. The molecule has 1 N–H and O–H groups in total. The van der Waals surface area contributed by atoms with E-state index in [1.807, 2.05) is 18.0 Å². The first-order valence-electron chi connectivity index (χ1n) is 7.21. The van der Waals surface area contributed by atoms with Crippen LogP contribution in [0.2, 0.25) is 0 Å². The van der Waals surface area contributed by atoms with Crippen LogP contribution in [0.4, 0.5) is 5.82 Å². The summed E-state index contributed by atoms with van der Waals surface area (Å²) in [7, 11) is 0.